The molecule has 0 spiro atoms. The Kier molecular flexibility index (Phi) is 4.27. The van der Waals surface area contributed by atoms with Gasteiger partial charge in [0.15, 0.2) is 0 Å². The number of aryl methyl sites for hydroxylation is 1. The SMILES string of the molecule is CC1CN(C(=O)c2ccn(C)c(=O)c2)CC(CCl)O1. The zero-order valence-corrected chi connectivity index (χ0v) is 11.8. The predicted octanol–water partition coefficient (Wildman–Crippen LogP) is 0.854. The molecule has 1 fully saturated rings. The van der Waals surface area contributed by atoms with Crippen LogP contribution in [0.25, 0.3) is 0 Å². The molecular weight excluding hydrogens is 268 g/mol. The van der Waals surface area contributed by atoms with Crippen molar-refractivity contribution in [3.05, 3.63) is 34.2 Å². The van der Waals surface area contributed by atoms with Crippen molar-refractivity contribution in [2.24, 2.45) is 7.05 Å². The van der Waals surface area contributed by atoms with E-state index >= 15 is 0 Å². The third kappa shape index (κ3) is 3.16. The maximum atomic E-state index is 12.3. The zero-order chi connectivity index (χ0) is 14.0. The van der Waals surface area contributed by atoms with Crippen LogP contribution >= 0.6 is 11.6 Å². The summed E-state index contributed by atoms with van der Waals surface area (Å²) in [5.74, 6) is 0.202. The molecule has 1 aromatic heterocycles. The third-order valence-corrected chi connectivity index (χ3v) is 3.48. The largest absolute Gasteiger partial charge is 0.370 e. The molecule has 0 saturated carbocycles. The van der Waals surface area contributed by atoms with Crippen LogP contribution in [0.4, 0.5) is 0 Å². The van der Waals surface area contributed by atoms with Crippen LogP contribution < -0.4 is 5.56 Å². The number of carbonyl (C=O) groups is 1. The molecule has 5 nitrogen and oxygen atoms in total. The lowest BCUT2D eigenvalue weighted by Gasteiger charge is -2.36. The molecule has 1 aliphatic rings. The van der Waals surface area contributed by atoms with Gasteiger partial charge in [-0.1, -0.05) is 0 Å². The van der Waals surface area contributed by atoms with Crippen LogP contribution in [0.3, 0.4) is 0 Å². The van der Waals surface area contributed by atoms with Gasteiger partial charge in [-0.3, -0.25) is 9.59 Å². The van der Waals surface area contributed by atoms with Crippen LogP contribution in [0.5, 0.6) is 0 Å². The quantitative estimate of drug-likeness (QED) is 0.757. The van der Waals surface area contributed by atoms with Crippen molar-refractivity contribution < 1.29 is 9.53 Å². The molecule has 0 N–H and O–H groups in total. The van der Waals surface area contributed by atoms with E-state index in [0.29, 0.717) is 24.5 Å². The van der Waals surface area contributed by atoms with Gasteiger partial charge in [-0.2, -0.15) is 0 Å². The average molecular weight is 285 g/mol. The minimum absolute atomic E-state index is 0.0482. The Hall–Kier alpha value is -1.33. The summed E-state index contributed by atoms with van der Waals surface area (Å²) in [4.78, 5) is 25.6. The molecule has 0 radical (unpaired) electrons. The van der Waals surface area contributed by atoms with Gasteiger partial charge in [0.1, 0.15) is 0 Å². The Morgan fingerprint density at radius 2 is 2.26 bits per heavy atom. The smallest absolute Gasteiger partial charge is 0.254 e. The van der Waals surface area contributed by atoms with Crippen LogP contribution in [0.2, 0.25) is 0 Å². The van der Waals surface area contributed by atoms with E-state index in [0.717, 1.165) is 0 Å². The van der Waals surface area contributed by atoms with Gasteiger partial charge >= 0.3 is 0 Å². The summed E-state index contributed by atoms with van der Waals surface area (Å²) in [6.45, 7) is 2.88. The molecule has 19 heavy (non-hydrogen) atoms. The number of halogens is 1. The highest BCUT2D eigenvalue weighted by Gasteiger charge is 2.28. The monoisotopic (exact) mass is 284 g/mol. The van der Waals surface area contributed by atoms with Crippen molar-refractivity contribution in [3.8, 4) is 0 Å². The summed E-state index contributed by atoms with van der Waals surface area (Å²) < 4.78 is 7.03. The fraction of sp³-hybridized carbons (Fsp3) is 0.538. The topological polar surface area (TPSA) is 51.5 Å². The number of rotatable bonds is 2. The van der Waals surface area contributed by atoms with Crippen LogP contribution in [0.15, 0.2) is 23.1 Å². The average Bonchev–Trinajstić information content (AvgIpc) is 2.40. The van der Waals surface area contributed by atoms with E-state index in [1.54, 1.807) is 24.2 Å². The van der Waals surface area contributed by atoms with Gasteiger partial charge in [0.2, 0.25) is 0 Å². The van der Waals surface area contributed by atoms with E-state index < -0.39 is 0 Å². The second kappa shape index (κ2) is 5.75. The summed E-state index contributed by atoms with van der Waals surface area (Å²) in [7, 11) is 1.65. The third-order valence-electron chi connectivity index (χ3n) is 3.14. The lowest BCUT2D eigenvalue weighted by molar-refractivity contribution is -0.0570. The molecule has 6 heteroatoms. The highest BCUT2D eigenvalue weighted by Crippen LogP contribution is 2.14. The standard InChI is InChI=1S/C13H17ClN2O3/c1-9-7-16(8-11(6-14)19-9)13(18)10-3-4-15(2)12(17)5-10/h3-5,9,11H,6-8H2,1-2H3. The molecule has 2 unspecified atom stereocenters. The molecule has 1 aromatic rings. The van der Waals surface area contributed by atoms with E-state index in [1.807, 2.05) is 6.92 Å². The number of morpholine rings is 1. The normalized spacial score (nSPS) is 23.4. The van der Waals surface area contributed by atoms with Gasteiger partial charge in [0, 0.05) is 38.0 Å². The number of ether oxygens (including phenoxy) is 1. The number of nitrogens with zero attached hydrogens (tertiary/aromatic N) is 2. The zero-order valence-electron chi connectivity index (χ0n) is 11.0. The van der Waals surface area contributed by atoms with E-state index in [2.05, 4.69) is 0 Å². The predicted molar refractivity (Wildman–Crippen MR) is 72.6 cm³/mol. The summed E-state index contributed by atoms with van der Waals surface area (Å²) in [5.41, 5.74) is 0.214. The van der Waals surface area contributed by atoms with Gasteiger partial charge in [-0.25, -0.2) is 0 Å². The van der Waals surface area contributed by atoms with Crippen molar-refractivity contribution in [2.75, 3.05) is 19.0 Å². The maximum absolute atomic E-state index is 12.3. The Morgan fingerprint density at radius 3 is 2.89 bits per heavy atom. The van der Waals surface area contributed by atoms with Crippen molar-refractivity contribution in [3.63, 3.8) is 0 Å². The molecule has 1 saturated heterocycles. The van der Waals surface area contributed by atoms with Gasteiger partial charge in [-0.05, 0) is 13.0 Å². The molecule has 0 aromatic carbocycles. The van der Waals surface area contributed by atoms with Crippen molar-refractivity contribution in [2.45, 2.75) is 19.1 Å². The molecule has 0 aliphatic carbocycles. The van der Waals surface area contributed by atoms with Crippen LogP contribution in [-0.2, 0) is 11.8 Å². The minimum atomic E-state index is -0.193. The molecule has 2 heterocycles. The number of carbonyl (C=O) groups excluding carboxylic acids is 1. The molecular formula is C13H17ClN2O3. The van der Waals surface area contributed by atoms with Crippen molar-refractivity contribution in [1.82, 2.24) is 9.47 Å². The first-order chi connectivity index (χ1) is 9.01. The summed E-state index contributed by atoms with van der Waals surface area (Å²) in [6, 6.07) is 3.01. The highest BCUT2D eigenvalue weighted by molar-refractivity contribution is 6.18. The lowest BCUT2D eigenvalue weighted by atomic mass is 10.1. The second-order valence-corrected chi connectivity index (χ2v) is 5.11. The minimum Gasteiger partial charge on any atom is -0.370 e. The number of amides is 1. The number of aromatic nitrogens is 1. The first-order valence-corrected chi connectivity index (χ1v) is 6.72. The van der Waals surface area contributed by atoms with Gasteiger partial charge in [0.25, 0.3) is 11.5 Å². The number of hydrogen-bond donors (Lipinski definition) is 0. The molecule has 2 atom stereocenters. The summed E-state index contributed by atoms with van der Waals surface area (Å²) in [6.07, 6.45) is 1.40. The maximum Gasteiger partial charge on any atom is 0.254 e. The summed E-state index contributed by atoms with van der Waals surface area (Å²) >= 11 is 5.79. The Balaban J connectivity index is 2.18. The second-order valence-electron chi connectivity index (χ2n) is 4.80. The molecule has 0 bridgehead atoms. The first-order valence-electron chi connectivity index (χ1n) is 6.18. The molecule has 1 amide bonds. The van der Waals surface area contributed by atoms with Gasteiger partial charge < -0.3 is 14.2 Å². The molecule has 2 rings (SSSR count). The first kappa shape index (κ1) is 14.1. The lowest BCUT2D eigenvalue weighted by Crippen LogP contribution is -2.49. The van der Waals surface area contributed by atoms with Crippen LogP contribution in [0.1, 0.15) is 17.3 Å². The fourth-order valence-corrected chi connectivity index (χ4v) is 2.33. The van der Waals surface area contributed by atoms with Gasteiger partial charge in [0.05, 0.1) is 18.1 Å². The summed E-state index contributed by atoms with van der Waals surface area (Å²) in [5, 5.41) is 0. The van der Waals surface area contributed by atoms with E-state index in [9.17, 15) is 9.59 Å². The van der Waals surface area contributed by atoms with Crippen LogP contribution in [0, 0.1) is 0 Å². The Bertz CT molecular complexity index is 529. The Labute approximate surface area is 116 Å². The molecule has 104 valence electrons. The van der Waals surface area contributed by atoms with E-state index in [-0.39, 0.29) is 23.7 Å². The molecule has 1 aliphatic heterocycles. The van der Waals surface area contributed by atoms with E-state index in [1.165, 1.54) is 10.6 Å². The number of alkyl halides is 1. The number of hydrogen-bond acceptors (Lipinski definition) is 3. The van der Waals surface area contributed by atoms with Crippen molar-refractivity contribution >= 4 is 17.5 Å². The van der Waals surface area contributed by atoms with Crippen LogP contribution in [-0.4, -0.2) is 46.6 Å². The number of pyridine rings is 1. The van der Waals surface area contributed by atoms with Gasteiger partial charge in [-0.15, -0.1) is 11.6 Å². The Morgan fingerprint density at radius 1 is 1.53 bits per heavy atom. The highest BCUT2D eigenvalue weighted by atomic mass is 35.5. The van der Waals surface area contributed by atoms with Crippen molar-refractivity contribution in [1.29, 1.82) is 0 Å². The fourth-order valence-electron chi connectivity index (χ4n) is 2.16. The van der Waals surface area contributed by atoms with E-state index in [4.69, 9.17) is 16.3 Å².